The zero-order valence-corrected chi connectivity index (χ0v) is 10.4. The van der Waals surface area contributed by atoms with E-state index >= 15 is 0 Å². The number of carbonyl (C=O) groups excluding carboxylic acids is 1. The SMILES string of the molecule is C=C(C)C(=O)N(CC(O)CC)CC(O)CC. The van der Waals surface area contributed by atoms with E-state index in [0.717, 1.165) is 0 Å². The molecule has 0 heterocycles. The van der Waals surface area contributed by atoms with Crippen LogP contribution in [0.3, 0.4) is 0 Å². The lowest BCUT2D eigenvalue weighted by Crippen LogP contribution is -2.42. The Kier molecular flexibility index (Phi) is 7.01. The van der Waals surface area contributed by atoms with Crippen molar-refractivity contribution in [1.29, 1.82) is 0 Å². The van der Waals surface area contributed by atoms with Gasteiger partial charge in [0.25, 0.3) is 0 Å². The third kappa shape index (κ3) is 5.28. The lowest BCUT2D eigenvalue weighted by Gasteiger charge is -2.27. The predicted molar refractivity (Wildman–Crippen MR) is 64.0 cm³/mol. The number of hydrogen-bond donors (Lipinski definition) is 2. The monoisotopic (exact) mass is 229 g/mol. The zero-order chi connectivity index (χ0) is 12.7. The molecule has 4 heteroatoms. The number of amides is 1. The quantitative estimate of drug-likeness (QED) is 0.638. The molecule has 0 aromatic rings. The second-order valence-corrected chi connectivity index (χ2v) is 4.11. The Morgan fingerprint density at radius 3 is 1.81 bits per heavy atom. The van der Waals surface area contributed by atoms with Gasteiger partial charge in [0.1, 0.15) is 0 Å². The molecule has 0 aliphatic carbocycles. The fraction of sp³-hybridized carbons (Fsp3) is 0.750. The summed E-state index contributed by atoms with van der Waals surface area (Å²) in [5, 5.41) is 19.1. The fourth-order valence-electron chi connectivity index (χ4n) is 1.28. The van der Waals surface area contributed by atoms with Crippen LogP contribution >= 0.6 is 0 Å². The summed E-state index contributed by atoms with van der Waals surface area (Å²) in [6.45, 7) is 9.42. The molecular weight excluding hydrogens is 206 g/mol. The number of rotatable bonds is 7. The van der Waals surface area contributed by atoms with E-state index < -0.39 is 12.2 Å². The first kappa shape index (κ1) is 15.1. The smallest absolute Gasteiger partial charge is 0.249 e. The van der Waals surface area contributed by atoms with E-state index in [4.69, 9.17) is 0 Å². The third-order valence-corrected chi connectivity index (χ3v) is 2.46. The first-order valence-corrected chi connectivity index (χ1v) is 5.73. The van der Waals surface area contributed by atoms with Crippen LogP contribution in [0.1, 0.15) is 33.6 Å². The molecular formula is C12H23NO3. The highest BCUT2D eigenvalue weighted by Crippen LogP contribution is 2.05. The van der Waals surface area contributed by atoms with Crippen LogP contribution in [0, 0.1) is 0 Å². The molecule has 0 bridgehead atoms. The minimum atomic E-state index is -0.549. The van der Waals surface area contributed by atoms with Gasteiger partial charge in [-0.25, -0.2) is 0 Å². The lowest BCUT2D eigenvalue weighted by molar-refractivity contribution is -0.130. The van der Waals surface area contributed by atoms with Crippen molar-refractivity contribution in [2.24, 2.45) is 0 Å². The van der Waals surface area contributed by atoms with E-state index in [1.54, 1.807) is 6.92 Å². The molecule has 0 aliphatic heterocycles. The molecule has 0 aromatic carbocycles. The van der Waals surface area contributed by atoms with Crippen molar-refractivity contribution in [2.45, 2.75) is 45.8 Å². The Hall–Kier alpha value is -0.870. The Bertz CT molecular complexity index is 228. The molecule has 2 atom stereocenters. The number of carbonyl (C=O) groups is 1. The van der Waals surface area contributed by atoms with Crippen LogP contribution in [-0.4, -0.2) is 46.3 Å². The van der Waals surface area contributed by atoms with Gasteiger partial charge in [0, 0.05) is 18.7 Å². The standard InChI is InChI=1S/C12H23NO3/c1-5-10(14)7-13(8-11(15)6-2)12(16)9(3)4/h10-11,14-15H,3,5-8H2,1-2,4H3. The summed E-state index contributed by atoms with van der Waals surface area (Å²) in [6, 6.07) is 0. The molecule has 2 unspecified atom stereocenters. The highest BCUT2D eigenvalue weighted by atomic mass is 16.3. The Balaban J connectivity index is 4.50. The zero-order valence-electron chi connectivity index (χ0n) is 10.4. The maximum absolute atomic E-state index is 11.8. The van der Waals surface area contributed by atoms with Crippen LogP contribution in [0.2, 0.25) is 0 Å². The maximum atomic E-state index is 11.8. The Labute approximate surface area is 97.6 Å². The molecule has 0 aliphatic rings. The summed E-state index contributed by atoms with van der Waals surface area (Å²) < 4.78 is 0. The maximum Gasteiger partial charge on any atom is 0.249 e. The van der Waals surface area contributed by atoms with Gasteiger partial charge in [0.2, 0.25) is 5.91 Å². The second-order valence-electron chi connectivity index (χ2n) is 4.11. The average molecular weight is 229 g/mol. The van der Waals surface area contributed by atoms with E-state index in [0.29, 0.717) is 18.4 Å². The van der Waals surface area contributed by atoms with Crippen molar-refractivity contribution in [1.82, 2.24) is 4.90 Å². The predicted octanol–water partition coefficient (Wildman–Crippen LogP) is 0.933. The molecule has 1 amide bonds. The molecule has 0 rings (SSSR count). The van der Waals surface area contributed by atoms with Gasteiger partial charge in [0.15, 0.2) is 0 Å². The van der Waals surface area contributed by atoms with Crippen LogP contribution in [0.4, 0.5) is 0 Å². The molecule has 0 aromatic heterocycles. The number of nitrogens with zero attached hydrogens (tertiary/aromatic N) is 1. The second kappa shape index (κ2) is 7.41. The average Bonchev–Trinajstić information content (AvgIpc) is 2.26. The van der Waals surface area contributed by atoms with Gasteiger partial charge >= 0.3 is 0 Å². The first-order valence-electron chi connectivity index (χ1n) is 5.73. The van der Waals surface area contributed by atoms with Crippen molar-refractivity contribution in [3.63, 3.8) is 0 Å². The molecule has 2 N–H and O–H groups in total. The van der Waals surface area contributed by atoms with E-state index in [9.17, 15) is 15.0 Å². The van der Waals surface area contributed by atoms with Gasteiger partial charge < -0.3 is 15.1 Å². The normalized spacial score (nSPS) is 14.3. The van der Waals surface area contributed by atoms with Crippen LogP contribution in [0.15, 0.2) is 12.2 Å². The van der Waals surface area contributed by atoms with Crippen LogP contribution in [0.25, 0.3) is 0 Å². The summed E-state index contributed by atoms with van der Waals surface area (Å²) in [4.78, 5) is 13.2. The number of hydrogen-bond acceptors (Lipinski definition) is 3. The molecule has 16 heavy (non-hydrogen) atoms. The summed E-state index contributed by atoms with van der Waals surface area (Å²) in [7, 11) is 0. The highest BCUT2D eigenvalue weighted by molar-refractivity contribution is 5.92. The summed E-state index contributed by atoms with van der Waals surface area (Å²) in [5.74, 6) is -0.208. The molecule has 0 fully saturated rings. The van der Waals surface area contributed by atoms with E-state index in [2.05, 4.69) is 6.58 Å². The van der Waals surface area contributed by atoms with Crippen molar-refractivity contribution in [3.05, 3.63) is 12.2 Å². The summed E-state index contributed by atoms with van der Waals surface area (Å²) in [5.41, 5.74) is 0.423. The van der Waals surface area contributed by atoms with E-state index in [-0.39, 0.29) is 19.0 Å². The summed E-state index contributed by atoms with van der Waals surface area (Å²) in [6.07, 6.45) is 0.0735. The van der Waals surface area contributed by atoms with Crippen molar-refractivity contribution >= 4 is 5.91 Å². The van der Waals surface area contributed by atoms with E-state index in [1.165, 1.54) is 4.90 Å². The van der Waals surface area contributed by atoms with Crippen LogP contribution in [0.5, 0.6) is 0 Å². The largest absolute Gasteiger partial charge is 0.391 e. The van der Waals surface area contributed by atoms with Crippen LogP contribution < -0.4 is 0 Å². The van der Waals surface area contributed by atoms with Gasteiger partial charge in [-0.2, -0.15) is 0 Å². The third-order valence-electron chi connectivity index (χ3n) is 2.46. The minimum absolute atomic E-state index is 0.208. The fourth-order valence-corrected chi connectivity index (χ4v) is 1.28. The van der Waals surface area contributed by atoms with Crippen molar-refractivity contribution in [3.8, 4) is 0 Å². The Morgan fingerprint density at radius 2 is 1.56 bits per heavy atom. The van der Waals surface area contributed by atoms with Gasteiger partial charge in [-0.1, -0.05) is 20.4 Å². The van der Waals surface area contributed by atoms with Gasteiger partial charge in [0.05, 0.1) is 12.2 Å². The highest BCUT2D eigenvalue weighted by Gasteiger charge is 2.19. The molecule has 4 nitrogen and oxygen atoms in total. The summed E-state index contributed by atoms with van der Waals surface area (Å²) >= 11 is 0. The van der Waals surface area contributed by atoms with Gasteiger partial charge in [-0.3, -0.25) is 4.79 Å². The van der Waals surface area contributed by atoms with E-state index in [1.807, 2.05) is 13.8 Å². The first-order chi connectivity index (χ1) is 7.42. The van der Waals surface area contributed by atoms with Crippen LogP contribution in [-0.2, 0) is 4.79 Å². The topological polar surface area (TPSA) is 60.8 Å². The minimum Gasteiger partial charge on any atom is -0.391 e. The van der Waals surface area contributed by atoms with Gasteiger partial charge in [-0.05, 0) is 19.8 Å². The van der Waals surface area contributed by atoms with Gasteiger partial charge in [-0.15, -0.1) is 0 Å². The molecule has 0 saturated carbocycles. The lowest BCUT2D eigenvalue weighted by atomic mass is 10.2. The Morgan fingerprint density at radius 1 is 1.19 bits per heavy atom. The molecule has 0 spiro atoms. The number of aliphatic hydroxyl groups excluding tert-OH is 2. The van der Waals surface area contributed by atoms with Crippen molar-refractivity contribution < 1.29 is 15.0 Å². The van der Waals surface area contributed by atoms with Crippen molar-refractivity contribution in [2.75, 3.05) is 13.1 Å². The molecule has 0 radical (unpaired) electrons. The molecule has 0 saturated heterocycles. The number of aliphatic hydroxyl groups is 2. The molecule has 94 valence electrons.